The zero-order chi connectivity index (χ0) is 16.2. The normalized spacial score (nSPS) is 14.5. The van der Waals surface area contributed by atoms with Gasteiger partial charge in [-0.15, -0.1) is 0 Å². The average Bonchev–Trinajstić information content (AvgIpc) is 2.92. The molecule has 0 unspecified atom stereocenters. The molecule has 5 heteroatoms. The van der Waals surface area contributed by atoms with Crippen LogP contribution in [0.4, 0.5) is 0 Å². The Labute approximate surface area is 135 Å². The van der Waals surface area contributed by atoms with Crippen molar-refractivity contribution in [2.45, 2.75) is 25.9 Å². The van der Waals surface area contributed by atoms with Gasteiger partial charge in [0.15, 0.2) is 0 Å². The molecular weight excluding hydrogens is 290 g/mol. The van der Waals surface area contributed by atoms with E-state index < -0.39 is 6.04 Å². The second-order valence-corrected chi connectivity index (χ2v) is 5.66. The number of carbonyl (C=O) groups excluding carboxylic acids is 2. The van der Waals surface area contributed by atoms with Crippen LogP contribution < -0.4 is 5.32 Å². The summed E-state index contributed by atoms with van der Waals surface area (Å²) in [6.45, 7) is 2.81. The lowest BCUT2D eigenvalue weighted by atomic mass is 10.1. The lowest BCUT2D eigenvalue weighted by Crippen LogP contribution is -2.45. The molecule has 1 aliphatic rings. The van der Waals surface area contributed by atoms with Gasteiger partial charge in [-0.05, 0) is 42.7 Å². The standard InChI is InChI=1S/C18H19N3O2/c1-13(17(22)20-11-8-14-6-9-19-10-7-14)21-12-15-4-2-3-5-16(15)18(21)23/h2-7,9-10,13H,8,11-12H2,1H3,(H,20,22)/t13-/m0/s1. The molecule has 23 heavy (non-hydrogen) atoms. The summed E-state index contributed by atoms with van der Waals surface area (Å²) in [7, 11) is 0. The molecule has 2 heterocycles. The Balaban J connectivity index is 1.55. The fraction of sp³-hybridized carbons (Fsp3) is 0.278. The van der Waals surface area contributed by atoms with Crippen LogP contribution in [0.5, 0.6) is 0 Å². The minimum atomic E-state index is -0.479. The highest BCUT2D eigenvalue weighted by molar-refractivity contribution is 6.00. The molecule has 5 nitrogen and oxygen atoms in total. The second-order valence-electron chi connectivity index (χ2n) is 5.66. The van der Waals surface area contributed by atoms with Gasteiger partial charge in [0.1, 0.15) is 6.04 Å². The summed E-state index contributed by atoms with van der Waals surface area (Å²) in [5.41, 5.74) is 2.80. The lowest BCUT2D eigenvalue weighted by Gasteiger charge is -2.23. The Morgan fingerprint density at radius 2 is 2.00 bits per heavy atom. The van der Waals surface area contributed by atoms with Crippen molar-refractivity contribution in [2.24, 2.45) is 0 Å². The topological polar surface area (TPSA) is 62.3 Å². The first-order valence-electron chi connectivity index (χ1n) is 7.72. The zero-order valence-electron chi connectivity index (χ0n) is 13.0. The molecule has 1 aliphatic heterocycles. The molecule has 2 amide bonds. The number of fused-ring (bicyclic) bond motifs is 1. The van der Waals surface area contributed by atoms with E-state index in [0.29, 0.717) is 18.7 Å². The molecule has 1 N–H and O–H groups in total. The third kappa shape index (κ3) is 3.23. The van der Waals surface area contributed by atoms with Crippen LogP contribution in [0.2, 0.25) is 0 Å². The van der Waals surface area contributed by atoms with Gasteiger partial charge in [-0.2, -0.15) is 0 Å². The number of carbonyl (C=O) groups is 2. The third-order valence-electron chi connectivity index (χ3n) is 4.16. The highest BCUT2D eigenvalue weighted by atomic mass is 16.2. The van der Waals surface area contributed by atoms with Crippen LogP contribution in [0.1, 0.15) is 28.4 Å². The van der Waals surface area contributed by atoms with Crippen molar-refractivity contribution in [1.29, 1.82) is 0 Å². The summed E-state index contributed by atoms with van der Waals surface area (Å²) < 4.78 is 0. The maximum absolute atomic E-state index is 12.4. The summed E-state index contributed by atoms with van der Waals surface area (Å²) >= 11 is 0. The first-order valence-corrected chi connectivity index (χ1v) is 7.72. The summed E-state index contributed by atoms with van der Waals surface area (Å²) in [5.74, 6) is -0.197. The lowest BCUT2D eigenvalue weighted by molar-refractivity contribution is -0.125. The predicted molar refractivity (Wildman–Crippen MR) is 86.7 cm³/mol. The molecular formula is C18H19N3O2. The van der Waals surface area contributed by atoms with Gasteiger partial charge in [-0.25, -0.2) is 0 Å². The molecule has 118 valence electrons. The Bertz CT molecular complexity index is 715. The number of nitrogens with zero attached hydrogens (tertiary/aromatic N) is 2. The Kier molecular flexibility index (Phi) is 4.37. The van der Waals surface area contributed by atoms with Gasteiger partial charge >= 0.3 is 0 Å². The van der Waals surface area contributed by atoms with Gasteiger partial charge < -0.3 is 10.2 Å². The summed E-state index contributed by atoms with van der Waals surface area (Å²) in [4.78, 5) is 30.3. The van der Waals surface area contributed by atoms with Crippen LogP contribution in [0.15, 0.2) is 48.8 Å². The van der Waals surface area contributed by atoms with Gasteiger partial charge in [-0.3, -0.25) is 14.6 Å². The first kappa shape index (κ1) is 15.2. The molecule has 3 rings (SSSR count). The van der Waals surface area contributed by atoms with Crippen molar-refractivity contribution in [3.05, 3.63) is 65.5 Å². The maximum Gasteiger partial charge on any atom is 0.255 e. The molecule has 1 aromatic heterocycles. The molecule has 0 saturated heterocycles. The zero-order valence-corrected chi connectivity index (χ0v) is 13.0. The molecule has 0 aliphatic carbocycles. The fourth-order valence-corrected chi connectivity index (χ4v) is 2.76. The van der Waals surface area contributed by atoms with Crippen LogP contribution >= 0.6 is 0 Å². The summed E-state index contributed by atoms with van der Waals surface area (Å²) in [5, 5.41) is 2.90. The Morgan fingerprint density at radius 3 is 2.74 bits per heavy atom. The number of pyridine rings is 1. The SMILES string of the molecule is C[C@@H](C(=O)NCCc1ccncc1)N1Cc2ccccc2C1=O. The molecule has 1 aromatic carbocycles. The van der Waals surface area contributed by atoms with Crippen LogP contribution in [-0.4, -0.2) is 34.3 Å². The maximum atomic E-state index is 12.4. The van der Waals surface area contributed by atoms with Crippen molar-refractivity contribution in [3.63, 3.8) is 0 Å². The largest absolute Gasteiger partial charge is 0.354 e. The Hall–Kier alpha value is -2.69. The number of rotatable bonds is 5. The highest BCUT2D eigenvalue weighted by Crippen LogP contribution is 2.24. The van der Waals surface area contributed by atoms with Crippen molar-refractivity contribution >= 4 is 11.8 Å². The number of nitrogens with one attached hydrogen (secondary N) is 1. The average molecular weight is 309 g/mol. The van der Waals surface area contributed by atoms with E-state index in [9.17, 15) is 9.59 Å². The molecule has 0 radical (unpaired) electrons. The minimum absolute atomic E-state index is 0.0719. The van der Waals surface area contributed by atoms with E-state index in [4.69, 9.17) is 0 Å². The predicted octanol–water partition coefficient (Wildman–Crippen LogP) is 1.78. The summed E-state index contributed by atoms with van der Waals surface area (Å²) in [6.07, 6.45) is 4.22. The molecule has 0 spiro atoms. The molecule has 0 saturated carbocycles. The van der Waals surface area contributed by atoms with Crippen molar-refractivity contribution in [3.8, 4) is 0 Å². The monoisotopic (exact) mass is 309 g/mol. The van der Waals surface area contributed by atoms with E-state index in [1.165, 1.54) is 0 Å². The van der Waals surface area contributed by atoms with Crippen LogP contribution in [0.25, 0.3) is 0 Å². The van der Waals surface area contributed by atoms with E-state index in [2.05, 4.69) is 10.3 Å². The van der Waals surface area contributed by atoms with Crippen molar-refractivity contribution < 1.29 is 9.59 Å². The smallest absolute Gasteiger partial charge is 0.255 e. The number of benzene rings is 1. The number of hydrogen-bond donors (Lipinski definition) is 1. The van der Waals surface area contributed by atoms with Crippen LogP contribution in [0.3, 0.4) is 0 Å². The molecule has 0 bridgehead atoms. The summed E-state index contributed by atoms with van der Waals surface area (Å²) in [6, 6.07) is 10.9. The minimum Gasteiger partial charge on any atom is -0.354 e. The first-order chi connectivity index (χ1) is 11.2. The number of aromatic nitrogens is 1. The second kappa shape index (κ2) is 6.60. The third-order valence-corrected chi connectivity index (χ3v) is 4.16. The van der Waals surface area contributed by atoms with E-state index in [1.54, 1.807) is 24.2 Å². The van der Waals surface area contributed by atoms with E-state index >= 15 is 0 Å². The number of hydrogen-bond acceptors (Lipinski definition) is 3. The van der Waals surface area contributed by atoms with E-state index in [1.807, 2.05) is 36.4 Å². The molecule has 0 fully saturated rings. The van der Waals surface area contributed by atoms with Gasteiger partial charge in [0, 0.05) is 31.0 Å². The number of amides is 2. The fourth-order valence-electron chi connectivity index (χ4n) is 2.76. The molecule has 2 aromatic rings. The Morgan fingerprint density at radius 1 is 1.26 bits per heavy atom. The van der Waals surface area contributed by atoms with Gasteiger partial charge in [0.05, 0.1) is 0 Å². The van der Waals surface area contributed by atoms with Gasteiger partial charge in [0.25, 0.3) is 5.91 Å². The van der Waals surface area contributed by atoms with Gasteiger partial charge in [-0.1, -0.05) is 18.2 Å². The van der Waals surface area contributed by atoms with Crippen molar-refractivity contribution in [1.82, 2.24) is 15.2 Å². The highest BCUT2D eigenvalue weighted by Gasteiger charge is 2.33. The van der Waals surface area contributed by atoms with E-state index in [-0.39, 0.29) is 11.8 Å². The van der Waals surface area contributed by atoms with E-state index in [0.717, 1.165) is 17.5 Å². The molecule has 1 atom stereocenters. The van der Waals surface area contributed by atoms with Crippen LogP contribution in [-0.2, 0) is 17.8 Å². The quantitative estimate of drug-likeness (QED) is 0.916. The van der Waals surface area contributed by atoms with Crippen LogP contribution in [0, 0.1) is 0 Å². The van der Waals surface area contributed by atoms with Gasteiger partial charge in [0.2, 0.25) is 5.91 Å². The van der Waals surface area contributed by atoms with Crippen molar-refractivity contribution in [2.75, 3.05) is 6.54 Å².